The lowest BCUT2D eigenvalue weighted by Crippen LogP contribution is -1.97. The van der Waals surface area contributed by atoms with Crippen LogP contribution in [0.1, 0.15) is 5.56 Å². The van der Waals surface area contributed by atoms with Crippen molar-refractivity contribution in [3.63, 3.8) is 0 Å². The van der Waals surface area contributed by atoms with Crippen molar-refractivity contribution in [3.8, 4) is 0 Å². The molecule has 0 aromatic heterocycles. The third kappa shape index (κ3) is 3.03. The van der Waals surface area contributed by atoms with Crippen LogP contribution < -0.4 is 5.73 Å². The summed E-state index contributed by atoms with van der Waals surface area (Å²) in [6.07, 6.45) is 1.26. The van der Waals surface area contributed by atoms with Crippen LogP contribution in [-0.4, -0.2) is 9.79 Å². The monoisotopic (exact) mass is 199 g/mol. The lowest BCUT2D eigenvalue weighted by molar-refractivity contribution is 0.382. The predicted octanol–water partition coefficient (Wildman–Crippen LogP) is 1.12. The van der Waals surface area contributed by atoms with Gasteiger partial charge in [0.15, 0.2) is 0 Å². The third-order valence-electron chi connectivity index (χ3n) is 1.45. The van der Waals surface area contributed by atoms with Crippen LogP contribution in [0.2, 0.25) is 0 Å². The molecule has 0 fully saturated rings. The summed E-state index contributed by atoms with van der Waals surface area (Å²) in [6, 6.07) is 8.76. The highest BCUT2D eigenvalue weighted by atomic mass is 31.2. The maximum absolute atomic E-state index is 10.6. The Morgan fingerprint density at radius 1 is 1.31 bits per heavy atom. The standard InChI is InChI=1S/C8H10NO3P/c9-8(13(10,11)12)6-7-4-2-1-3-5-7/h1-6H,9H2,(H2,10,11,12). The molecule has 1 aromatic carbocycles. The molecule has 0 aliphatic heterocycles. The SMILES string of the molecule is NC(=Cc1ccccc1)P(=O)(O)O. The molecule has 0 saturated heterocycles. The summed E-state index contributed by atoms with van der Waals surface area (Å²) in [5, 5.41) is 0. The lowest BCUT2D eigenvalue weighted by atomic mass is 10.2. The van der Waals surface area contributed by atoms with E-state index in [0.29, 0.717) is 5.56 Å². The number of benzene rings is 1. The van der Waals surface area contributed by atoms with Gasteiger partial charge >= 0.3 is 7.60 Å². The Kier molecular flexibility index (Phi) is 2.88. The van der Waals surface area contributed by atoms with Crippen LogP contribution in [0.4, 0.5) is 0 Å². The van der Waals surface area contributed by atoms with Crippen molar-refractivity contribution in [1.29, 1.82) is 0 Å². The second-order valence-electron chi connectivity index (χ2n) is 2.52. The number of rotatable bonds is 2. The zero-order chi connectivity index (χ0) is 9.90. The maximum atomic E-state index is 10.6. The molecule has 0 aliphatic rings. The van der Waals surface area contributed by atoms with Crippen molar-refractivity contribution in [2.75, 3.05) is 0 Å². The van der Waals surface area contributed by atoms with Crippen LogP contribution in [0.3, 0.4) is 0 Å². The summed E-state index contributed by atoms with van der Waals surface area (Å²) in [7, 11) is -4.28. The molecule has 1 rings (SSSR count). The van der Waals surface area contributed by atoms with Gasteiger partial charge in [-0.2, -0.15) is 0 Å². The summed E-state index contributed by atoms with van der Waals surface area (Å²) >= 11 is 0. The highest BCUT2D eigenvalue weighted by Crippen LogP contribution is 2.42. The van der Waals surface area contributed by atoms with Gasteiger partial charge in [-0.15, -0.1) is 0 Å². The summed E-state index contributed by atoms with van der Waals surface area (Å²) in [4.78, 5) is 17.3. The van der Waals surface area contributed by atoms with E-state index in [0.717, 1.165) is 0 Å². The average Bonchev–Trinajstić information content (AvgIpc) is 2.04. The van der Waals surface area contributed by atoms with E-state index in [-0.39, 0.29) is 0 Å². The molecule has 0 saturated carbocycles. The van der Waals surface area contributed by atoms with Crippen molar-refractivity contribution in [3.05, 3.63) is 41.3 Å². The Balaban J connectivity index is 2.97. The molecular weight excluding hydrogens is 189 g/mol. The van der Waals surface area contributed by atoms with Gasteiger partial charge in [0.1, 0.15) is 5.44 Å². The Morgan fingerprint density at radius 3 is 2.31 bits per heavy atom. The molecule has 4 N–H and O–H groups in total. The minimum Gasteiger partial charge on any atom is -0.392 e. The van der Waals surface area contributed by atoms with E-state index in [1.54, 1.807) is 24.3 Å². The van der Waals surface area contributed by atoms with Gasteiger partial charge in [0.2, 0.25) is 0 Å². The average molecular weight is 199 g/mol. The highest BCUT2D eigenvalue weighted by molar-refractivity contribution is 7.56. The van der Waals surface area contributed by atoms with Crippen molar-refractivity contribution in [1.82, 2.24) is 0 Å². The number of hydrogen-bond donors (Lipinski definition) is 3. The molecule has 0 atom stereocenters. The Morgan fingerprint density at radius 2 is 1.85 bits per heavy atom. The van der Waals surface area contributed by atoms with Gasteiger partial charge in [0.05, 0.1) is 0 Å². The minimum atomic E-state index is -4.28. The summed E-state index contributed by atoms with van der Waals surface area (Å²) in [6.45, 7) is 0. The zero-order valence-corrected chi connectivity index (χ0v) is 7.69. The van der Waals surface area contributed by atoms with Crippen LogP contribution in [0.15, 0.2) is 35.8 Å². The topological polar surface area (TPSA) is 83.6 Å². The predicted molar refractivity (Wildman–Crippen MR) is 50.7 cm³/mol. The summed E-state index contributed by atoms with van der Waals surface area (Å²) in [5.41, 5.74) is 5.43. The lowest BCUT2D eigenvalue weighted by Gasteiger charge is -2.02. The Labute approximate surface area is 75.9 Å². The van der Waals surface area contributed by atoms with Gasteiger partial charge in [-0.25, -0.2) is 0 Å². The van der Waals surface area contributed by atoms with E-state index in [1.165, 1.54) is 6.08 Å². The van der Waals surface area contributed by atoms with Gasteiger partial charge in [0, 0.05) is 0 Å². The smallest absolute Gasteiger partial charge is 0.371 e. The van der Waals surface area contributed by atoms with Crippen molar-refractivity contribution < 1.29 is 14.4 Å². The van der Waals surface area contributed by atoms with E-state index in [9.17, 15) is 4.57 Å². The first-order valence-corrected chi connectivity index (χ1v) is 5.20. The molecule has 0 bridgehead atoms. The molecule has 4 nitrogen and oxygen atoms in total. The van der Waals surface area contributed by atoms with Crippen molar-refractivity contribution >= 4 is 13.7 Å². The molecule has 0 radical (unpaired) electrons. The van der Waals surface area contributed by atoms with E-state index in [4.69, 9.17) is 15.5 Å². The Hall–Kier alpha value is -1.09. The first-order valence-electron chi connectivity index (χ1n) is 3.58. The van der Waals surface area contributed by atoms with Gasteiger partial charge in [0.25, 0.3) is 0 Å². The van der Waals surface area contributed by atoms with E-state index in [2.05, 4.69) is 0 Å². The molecule has 5 heteroatoms. The molecular formula is C8H10NO3P. The Bertz CT molecular complexity index is 355. The van der Waals surface area contributed by atoms with E-state index < -0.39 is 13.0 Å². The van der Waals surface area contributed by atoms with Crippen molar-refractivity contribution in [2.24, 2.45) is 5.73 Å². The summed E-state index contributed by atoms with van der Waals surface area (Å²) in [5.74, 6) is 0. The fourth-order valence-corrected chi connectivity index (χ4v) is 1.12. The van der Waals surface area contributed by atoms with Gasteiger partial charge in [-0.3, -0.25) is 4.57 Å². The van der Waals surface area contributed by atoms with E-state index >= 15 is 0 Å². The van der Waals surface area contributed by atoms with Crippen LogP contribution in [0, 0.1) is 0 Å². The molecule has 0 amide bonds. The fourth-order valence-electron chi connectivity index (χ4n) is 0.804. The molecule has 0 unspecified atom stereocenters. The quantitative estimate of drug-likeness (QED) is 0.623. The van der Waals surface area contributed by atoms with Gasteiger partial charge < -0.3 is 15.5 Å². The highest BCUT2D eigenvalue weighted by Gasteiger charge is 2.16. The first-order chi connectivity index (χ1) is 6.00. The van der Waals surface area contributed by atoms with Crippen LogP contribution in [0.5, 0.6) is 0 Å². The van der Waals surface area contributed by atoms with Gasteiger partial charge in [-0.05, 0) is 11.6 Å². The molecule has 1 aromatic rings. The number of hydrogen-bond acceptors (Lipinski definition) is 2. The maximum Gasteiger partial charge on any atom is 0.371 e. The minimum absolute atomic E-state index is 0.418. The fraction of sp³-hybridized carbons (Fsp3) is 0. The molecule has 0 aliphatic carbocycles. The molecule has 13 heavy (non-hydrogen) atoms. The molecule has 0 heterocycles. The van der Waals surface area contributed by atoms with Crippen molar-refractivity contribution in [2.45, 2.75) is 0 Å². The van der Waals surface area contributed by atoms with Crippen LogP contribution >= 0.6 is 7.60 Å². The normalized spacial score (nSPS) is 12.9. The first kappa shape index (κ1) is 9.99. The van der Waals surface area contributed by atoms with Crippen LogP contribution in [-0.2, 0) is 4.57 Å². The number of nitrogens with two attached hydrogens (primary N) is 1. The van der Waals surface area contributed by atoms with Crippen LogP contribution in [0.25, 0.3) is 6.08 Å². The zero-order valence-electron chi connectivity index (χ0n) is 6.79. The summed E-state index contributed by atoms with van der Waals surface area (Å²) < 4.78 is 10.6. The van der Waals surface area contributed by atoms with E-state index in [1.807, 2.05) is 6.07 Å². The molecule has 70 valence electrons. The molecule has 0 spiro atoms. The second-order valence-corrected chi connectivity index (χ2v) is 4.13. The third-order valence-corrected chi connectivity index (χ3v) is 2.25. The largest absolute Gasteiger partial charge is 0.392 e. The van der Waals surface area contributed by atoms with Gasteiger partial charge in [-0.1, -0.05) is 30.3 Å². The second kappa shape index (κ2) is 3.75.